The molecule has 0 saturated heterocycles. The maximum absolute atomic E-state index is 12.8. The molecule has 0 atom stereocenters. The fourth-order valence-electron chi connectivity index (χ4n) is 2.85. The van der Waals surface area contributed by atoms with Gasteiger partial charge in [-0.1, -0.05) is 6.92 Å². The van der Waals surface area contributed by atoms with Crippen LogP contribution in [-0.2, 0) is 17.9 Å². The lowest BCUT2D eigenvalue weighted by molar-refractivity contribution is -0.137. The highest BCUT2D eigenvalue weighted by molar-refractivity contribution is 5.77. The fourth-order valence-corrected chi connectivity index (χ4v) is 2.85. The van der Waals surface area contributed by atoms with Crippen LogP contribution >= 0.6 is 0 Å². The summed E-state index contributed by atoms with van der Waals surface area (Å²) in [6, 6.07) is 0. The Kier molecular flexibility index (Phi) is 3.38. The summed E-state index contributed by atoms with van der Waals surface area (Å²) in [5, 5.41) is 12.8. The summed E-state index contributed by atoms with van der Waals surface area (Å²) in [5.41, 5.74) is 1.27. The van der Waals surface area contributed by atoms with Crippen LogP contribution in [0.15, 0.2) is 29.6 Å². The number of hydrogen-bond donors (Lipinski definition) is 2. The maximum Gasteiger partial charge on any atom is 0.325 e. The van der Waals surface area contributed by atoms with Crippen LogP contribution in [0.4, 0.5) is 0 Å². The third kappa shape index (κ3) is 2.38. The molecule has 25 heavy (non-hydrogen) atoms. The maximum atomic E-state index is 12.8. The van der Waals surface area contributed by atoms with Gasteiger partial charge in [0, 0.05) is 25.1 Å². The van der Waals surface area contributed by atoms with Gasteiger partial charge in [-0.3, -0.25) is 23.2 Å². The Labute approximate surface area is 140 Å². The number of aromatic amines is 1. The molecule has 4 aromatic heterocycles. The standard InChI is InChI=1S/C15H15N7O3/c1-2-4-22-14(25)11-13(21-5-3-16-15(21)22)19-12(18-11)9-6-17-20(7-9)8-10(23)24/h3,5-7H,2,4,8H2,1H3,(H,18,19)(H,23,24). The number of H-pyrrole nitrogens is 1. The van der Waals surface area contributed by atoms with E-state index in [2.05, 4.69) is 20.1 Å². The van der Waals surface area contributed by atoms with Crippen LogP contribution < -0.4 is 5.56 Å². The summed E-state index contributed by atoms with van der Waals surface area (Å²) in [5.74, 6) is 0.00814. The van der Waals surface area contributed by atoms with E-state index >= 15 is 0 Å². The largest absolute Gasteiger partial charge is 0.480 e. The van der Waals surface area contributed by atoms with Crippen molar-refractivity contribution in [1.82, 2.24) is 33.7 Å². The Morgan fingerprint density at radius 3 is 3.00 bits per heavy atom. The number of nitrogens with zero attached hydrogens (tertiary/aromatic N) is 6. The average Bonchev–Trinajstić information content (AvgIpc) is 3.28. The minimum Gasteiger partial charge on any atom is -0.480 e. The summed E-state index contributed by atoms with van der Waals surface area (Å²) >= 11 is 0. The van der Waals surface area contributed by atoms with E-state index in [0.717, 1.165) is 6.42 Å². The molecule has 0 aliphatic rings. The Morgan fingerprint density at radius 1 is 1.40 bits per heavy atom. The fraction of sp³-hybridized carbons (Fsp3) is 0.267. The number of hydrogen-bond acceptors (Lipinski definition) is 5. The number of aliphatic carboxylic acids is 1. The average molecular weight is 341 g/mol. The van der Waals surface area contributed by atoms with E-state index in [1.54, 1.807) is 27.6 Å². The van der Waals surface area contributed by atoms with Crippen LogP contribution in [0, 0.1) is 0 Å². The predicted molar refractivity (Wildman–Crippen MR) is 88.3 cm³/mol. The van der Waals surface area contributed by atoms with Crippen molar-refractivity contribution < 1.29 is 9.90 Å². The van der Waals surface area contributed by atoms with Crippen molar-refractivity contribution in [3.05, 3.63) is 35.1 Å². The molecule has 10 heteroatoms. The van der Waals surface area contributed by atoms with Crippen LogP contribution in [0.2, 0.25) is 0 Å². The van der Waals surface area contributed by atoms with Crippen molar-refractivity contribution in [2.24, 2.45) is 0 Å². The van der Waals surface area contributed by atoms with Crippen molar-refractivity contribution in [2.75, 3.05) is 0 Å². The predicted octanol–water partition coefficient (Wildman–Crippen LogP) is 0.730. The van der Waals surface area contributed by atoms with Crippen molar-refractivity contribution in [3.8, 4) is 11.4 Å². The molecule has 4 rings (SSSR count). The second-order valence-corrected chi connectivity index (χ2v) is 5.66. The van der Waals surface area contributed by atoms with Crippen LogP contribution in [0.3, 0.4) is 0 Å². The molecule has 0 bridgehead atoms. The van der Waals surface area contributed by atoms with E-state index < -0.39 is 5.97 Å². The molecule has 128 valence electrons. The first-order chi connectivity index (χ1) is 12.1. The number of fused-ring (bicyclic) bond motifs is 3. The minimum absolute atomic E-state index is 0.188. The van der Waals surface area contributed by atoms with Crippen molar-refractivity contribution in [2.45, 2.75) is 26.4 Å². The molecule has 0 amide bonds. The molecular weight excluding hydrogens is 326 g/mol. The third-order valence-electron chi connectivity index (χ3n) is 3.89. The van der Waals surface area contributed by atoms with E-state index in [4.69, 9.17) is 5.11 Å². The normalized spacial score (nSPS) is 11.6. The van der Waals surface area contributed by atoms with E-state index in [9.17, 15) is 9.59 Å². The van der Waals surface area contributed by atoms with Gasteiger partial charge in [-0.15, -0.1) is 0 Å². The van der Waals surface area contributed by atoms with E-state index in [-0.39, 0.29) is 12.1 Å². The zero-order valence-corrected chi connectivity index (χ0v) is 13.4. The van der Waals surface area contributed by atoms with Gasteiger partial charge in [0.1, 0.15) is 12.4 Å². The quantitative estimate of drug-likeness (QED) is 0.551. The smallest absolute Gasteiger partial charge is 0.325 e. The molecule has 0 aromatic carbocycles. The third-order valence-corrected chi connectivity index (χ3v) is 3.89. The van der Waals surface area contributed by atoms with Gasteiger partial charge in [0.2, 0.25) is 5.78 Å². The van der Waals surface area contributed by atoms with Crippen LogP contribution in [-0.4, -0.2) is 44.8 Å². The zero-order chi connectivity index (χ0) is 17.6. The lowest BCUT2D eigenvalue weighted by Gasteiger charge is -2.05. The van der Waals surface area contributed by atoms with E-state index in [1.807, 2.05) is 6.92 Å². The molecule has 4 heterocycles. The van der Waals surface area contributed by atoms with Crippen molar-refractivity contribution in [3.63, 3.8) is 0 Å². The van der Waals surface area contributed by atoms with Crippen LogP contribution in [0.25, 0.3) is 28.3 Å². The summed E-state index contributed by atoms with van der Waals surface area (Å²) in [6.45, 7) is 2.31. The Balaban J connectivity index is 1.90. The topological polar surface area (TPSA) is 123 Å². The van der Waals surface area contributed by atoms with E-state index in [0.29, 0.717) is 34.9 Å². The number of rotatable bonds is 5. The summed E-state index contributed by atoms with van der Waals surface area (Å²) in [7, 11) is 0. The first kappa shape index (κ1) is 15.1. The first-order valence-electron chi connectivity index (χ1n) is 7.78. The van der Waals surface area contributed by atoms with Gasteiger partial charge in [-0.05, 0) is 6.42 Å². The van der Waals surface area contributed by atoms with Crippen LogP contribution in [0.1, 0.15) is 13.3 Å². The lowest BCUT2D eigenvalue weighted by atomic mass is 10.3. The molecule has 4 aromatic rings. The highest BCUT2D eigenvalue weighted by atomic mass is 16.4. The monoisotopic (exact) mass is 341 g/mol. The number of aryl methyl sites for hydroxylation is 1. The Hall–Kier alpha value is -3.43. The summed E-state index contributed by atoms with van der Waals surface area (Å²) in [6.07, 6.45) is 7.26. The van der Waals surface area contributed by atoms with Gasteiger partial charge in [0.15, 0.2) is 11.2 Å². The number of carbonyl (C=O) groups is 1. The number of carboxylic acid groups (broad SMARTS) is 1. The molecular formula is C15H15N7O3. The van der Waals surface area contributed by atoms with Crippen molar-refractivity contribution in [1.29, 1.82) is 0 Å². The Bertz CT molecular complexity index is 1150. The molecule has 0 fully saturated rings. The summed E-state index contributed by atoms with van der Waals surface area (Å²) in [4.78, 5) is 35.3. The number of imidazole rings is 2. The summed E-state index contributed by atoms with van der Waals surface area (Å²) < 4.78 is 4.67. The zero-order valence-electron chi connectivity index (χ0n) is 13.4. The number of aromatic nitrogens is 7. The molecule has 0 aliphatic heterocycles. The van der Waals surface area contributed by atoms with Gasteiger partial charge in [-0.2, -0.15) is 5.10 Å². The molecule has 0 radical (unpaired) electrons. The SMILES string of the molecule is CCCn1c(=O)c2[nH]c(-c3cnn(CC(=O)O)c3)nc2n2ccnc12. The highest BCUT2D eigenvalue weighted by Crippen LogP contribution is 2.19. The molecule has 2 N–H and O–H groups in total. The molecule has 0 unspecified atom stereocenters. The first-order valence-corrected chi connectivity index (χ1v) is 7.78. The molecule has 0 saturated carbocycles. The van der Waals surface area contributed by atoms with Gasteiger partial charge in [0.05, 0.1) is 11.8 Å². The van der Waals surface area contributed by atoms with Gasteiger partial charge in [-0.25, -0.2) is 9.97 Å². The minimum atomic E-state index is -0.984. The second-order valence-electron chi connectivity index (χ2n) is 5.66. The second kappa shape index (κ2) is 5.58. The number of carboxylic acids is 1. The number of nitrogens with one attached hydrogen (secondary N) is 1. The Morgan fingerprint density at radius 2 is 2.24 bits per heavy atom. The molecule has 0 spiro atoms. The van der Waals surface area contributed by atoms with Gasteiger partial charge in [0.25, 0.3) is 5.56 Å². The van der Waals surface area contributed by atoms with Crippen molar-refractivity contribution >= 4 is 22.9 Å². The molecule has 10 nitrogen and oxygen atoms in total. The lowest BCUT2D eigenvalue weighted by Crippen LogP contribution is -2.23. The van der Waals surface area contributed by atoms with Gasteiger partial charge < -0.3 is 10.1 Å². The molecule has 0 aliphatic carbocycles. The van der Waals surface area contributed by atoms with E-state index in [1.165, 1.54) is 10.9 Å². The highest BCUT2D eigenvalue weighted by Gasteiger charge is 2.17. The van der Waals surface area contributed by atoms with Gasteiger partial charge >= 0.3 is 5.97 Å². The van der Waals surface area contributed by atoms with Crippen LogP contribution in [0.5, 0.6) is 0 Å².